The first-order valence-corrected chi connectivity index (χ1v) is 22.6. The van der Waals surface area contributed by atoms with Gasteiger partial charge >= 0.3 is 6.85 Å². The second kappa shape index (κ2) is 11.4. The third kappa shape index (κ3) is 4.28. The van der Waals surface area contributed by atoms with E-state index in [0.29, 0.717) is 0 Å². The number of furan rings is 1. The fourth-order valence-corrected chi connectivity index (χ4v) is 13.2. The molecule has 4 nitrogen and oxygen atoms in total. The Morgan fingerprint density at radius 1 is 0.561 bits per heavy atom. The zero-order chi connectivity index (χ0) is 37.6. The maximum atomic E-state index is 7.04. The number of benzene rings is 8. The van der Waals surface area contributed by atoms with Gasteiger partial charge in [-0.15, -0.1) is 0 Å². The molecule has 0 radical (unpaired) electrons. The Labute approximate surface area is 336 Å². The molecule has 270 valence electrons. The predicted molar refractivity (Wildman–Crippen MR) is 239 cm³/mol. The van der Waals surface area contributed by atoms with Crippen LogP contribution in [0.15, 0.2) is 188 Å². The summed E-state index contributed by atoms with van der Waals surface area (Å²) in [6.45, 7) is -0.130. The standard InChI is InChI=1S/C50H33BN2O2S2/c1-57(2)45-21-11-7-17-38(45)52-48-37(16-12-22-46(48)57)51-47-35(27-36-33-15-6-8-18-40(33)55-50(36)49(47)52)34-28-42-44(56-43-20-10-9-19-41(43)54-42)29-39(34)53(51)32-25-23-31(24-26-32)30-13-4-3-5-14-30/h3-29H,1-2H3. The van der Waals surface area contributed by atoms with Gasteiger partial charge in [-0.1, -0.05) is 109 Å². The van der Waals surface area contributed by atoms with Gasteiger partial charge in [-0.05, 0) is 107 Å². The molecule has 0 N–H and O–H groups in total. The van der Waals surface area contributed by atoms with E-state index in [2.05, 4.69) is 180 Å². The Hall–Kier alpha value is -6.28. The van der Waals surface area contributed by atoms with Crippen molar-refractivity contribution in [2.45, 2.75) is 19.6 Å². The van der Waals surface area contributed by atoms with Gasteiger partial charge < -0.3 is 18.9 Å². The summed E-state index contributed by atoms with van der Waals surface area (Å²) in [5.74, 6) is 1.78. The van der Waals surface area contributed by atoms with E-state index in [-0.39, 0.29) is 6.85 Å². The number of fused-ring (bicyclic) bond motifs is 12. The van der Waals surface area contributed by atoms with E-state index in [0.717, 1.165) is 60.2 Å². The van der Waals surface area contributed by atoms with Gasteiger partial charge in [-0.25, -0.2) is 0 Å². The molecule has 0 fully saturated rings. The Morgan fingerprint density at radius 2 is 1.32 bits per heavy atom. The van der Waals surface area contributed by atoms with Gasteiger partial charge in [0.05, 0.1) is 26.9 Å². The van der Waals surface area contributed by atoms with Gasteiger partial charge in [0.2, 0.25) is 0 Å². The Bertz CT molecular complexity index is 3190. The summed E-state index contributed by atoms with van der Waals surface area (Å²) >= 11 is 1.79. The Balaban J connectivity index is 1.17. The predicted octanol–water partition coefficient (Wildman–Crippen LogP) is 13.0. The van der Waals surface area contributed by atoms with Crippen molar-refractivity contribution in [3.05, 3.63) is 164 Å². The smallest absolute Gasteiger partial charge is 0.333 e. The third-order valence-electron chi connectivity index (χ3n) is 12.3. The van der Waals surface area contributed by atoms with Gasteiger partial charge in [0.25, 0.3) is 0 Å². The van der Waals surface area contributed by atoms with Crippen LogP contribution in [0.4, 0.5) is 28.4 Å². The molecule has 0 amide bonds. The minimum atomic E-state index is -1.37. The lowest BCUT2D eigenvalue weighted by atomic mass is 9.43. The van der Waals surface area contributed by atoms with E-state index in [4.69, 9.17) is 9.15 Å². The fraction of sp³-hybridized carbons (Fsp3) is 0.0400. The number of para-hydroxylation sites is 4. The van der Waals surface area contributed by atoms with Gasteiger partial charge in [-0.2, -0.15) is 10.0 Å². The molecule has 0 atom stereocenters. The second-order valence-corrected chi connectivity index (χ2v) is 20.3. The summed E-state index contributed by atoms with van der Waals surface area (Å²) in [6.07, 6.45) is 4.91. The molecule has 0 aliphatic carbocycles. The number of rotatable bonds is 2. The average molecular weight is 769 g/mol. The summed E-state index contributed by atoms with van der Waals surface area (Å²) in [6, 6.07) is 59.8. The van der Waals surface area contributed by atoms with Gasteiger partial charge in [0, 0.05) is 37.5 Å². The maximum absolute atomic E-state index is 7.04. The first-order valence-electron chi connectivity index (χ1n) is 19.3. The quantitative estimate of drug-likeness (QED) is 0.163. The van der Waals surface area contributed by atoms with E-state index in [1.807, 2.05) is 6.07 Å². The summed E-state index contributed by atoms with van der Waals surface area (Å²) in [5.41, 5.74) is 15.1. The van der Waals surface area contributed by atoms with Crippen molar-refractivity contribution in [2.75, 3.05) is 22.2 Å². The lowest BCUT2D eigenvalue weighted by molar-refractivity contribution is 0.455. The number of ether oxygens (including phenoxy) is 1. The SMILES string of the molecule is CS1(C)c2ccccc2N2c3c(cccc31)B1c3c(cc4c(oc5ccccc54)c32)-c2cc3c(cc2N1c1ccc(-c2ccccc2)cc1)Sc1ccccc1O3. The van der Waals surface area contributed by atoms with Crippen molar-refractivity contribution in [3.8, 4) is 33.8 Å². The summed E-state index contributed by atoms with van der Waals surface area (Å²) in [4.78, 5) is 10.2. The first kappa shape index (κ1) is 31.9. The molecule has 0 spiro atoms. The van der Waals surface area contributed by atoms with Crippen LogP contribution in [0.2, 0.25) is 0 Å². The van der Waals surface area contributed by atoms with Crippen molar-refractivity contribution in [3.63, 3.8) is 0 Å². The topological polar surface area (TPSA) is 28.9 Å². The molecule has 1 aromatic heterocycles. The van der Waals surface area contributed by atoms with Crippen molar-refractivity contribution in [2.24, 2.45) is 0 Å². The number of hydrogen-bond donors (Lipinski definition) is 0. The van der Waals surface area contributed by atoms with Crippen molar-refractivity contribution >= 4 is 89.9 Å². The normalized spacial score (nSPS) is 15.5. The lowest BCUT2D eigenvalue weighted by Gasteiger charge is -2.51. The molecule has 5 heterocycles. The maximum Gasteiger partial charge on any atom is 0.333 e. The summed E-state index contributed by atoms with van der Waals surface area (Å²) < 4.78 is 13.8. The molecule has 0 unspecified atom stereocenters. The molecule has 8 aromatic carbocycles. The van der Waals surface area contributed by atoms with Crippen LogP contribution in [0.25, 0.3) is 44.2 Å². The molecule has 4 aliphatic rings. The van der Waals surface area contributed by atoms with Gasteiger partial charge in [0.15, 0.2) is 5.58 Å². The second-order valence-electron chi connectivity index (χ2n) is 15.6. The molecule has 9 aromatic rings. The fourth-order valence-electron chi connectivity index (χ4n) is 9.81. The number of nitrogens with zero attached hydrogens (tertiary/aromatic N) is 2. The summed E-state index contributed by atoms with van der Waals surface area (Å²) in [7, 11) is -1.37. The van der Waals surface area contributed by atoms with E-state index >= 15 is 0 Å². The van der Waals surface area contributed by atoms with Gasteiger partial charge in [0.1, 0.15) is 17.1 Å². The van der Waals surface area contributed by atoms with Crippen LogP contribution in [-0.2, 0) is 0 Å². The zero-order valence-corrected chi connectivity index (χ0v) is 32.8. The molecular formula is C50H33BN2O2S2. The van der Waals surface area contributed by atoms with Crippen molar-refractivity contribution in [1.29, 1.82) is 0 Å². The molecule has 7 heteroatoms. The van der Waals surface area contributed by atoms with Crippen molar-refractivity contribution < 1.29 is 9.15 Å². The van der Waals surface area contributed by atoms with E-state index in [1.54, 1.807) is 11.8 Å². The monoisotopic (exact) mass is 768 g/mol. The molecular weight excluding hydrogens is 736 g/mol. The van der Waals surface area contributed by atoms with E-state index < -0.39 is 10.0 Å². The number of anilines is 5. The number of hydrogen-bond acceptors (Lipinski definition) is 5. The largest absolute Gasteiger partial charge is 0.455 e. The Morgan fingerprint density at radius 3 is 2.21 bits per heavy atom. The molecule has 57 heavy (non-hydrogen) atoms. The highest BCUT2D eigenvalue weighted by Crippen LogP contribution is 2.68. The van der Waals surface area contributed by atoms with Gasteiger partial charge in [-0.3, -0.25) is 0 Å². The lowest BCUT2D eigenvalue weighted by Crippen LogP contribution is -2.62. The molecule has 0 bridgehead atoms. The highest BCUT2D eigenvalue weighted by atomic mass is 32.3. The van der Waals surface area contributed by atoms with Crippen LogP contribution < -0.4 is 25.4 Å². The van der Waals surface area contributed by atoms with E-state index in [9.17, 15) is 0 Å². The van der Waals surface area contributed by atoms with E-state index in [1.165, 1.54) is 54.5 Å². The van der Waals surface area contributed by atoms with Crippen LogP contribution in [0.3, 0.4) is 0 Å². The Kier molecular flexibility index (Phi) is 6.38. The first-order chi connectivity index (χ1) is 28.0. The molecule has 4 aliphatic heterocycles. The van der Waals surface area contributed by atoms with Crippen LogP contribution in [0.5, 0.6) is 11.5 Å². The van der Waals surface area contributed by atoms with Crippen LogP contribution >= 0.6 is 21.8 Å². The minimum absolute atomic E-state index is 0.130. The van der Waals surface area contributed by atoms with Crippen LogP contribution in [0, 0.1) is 0 Å². The zero-order valence-electron chi connectivity index (χ0n) is 31.2. The van der Waals surface area contributed by atoms with Crippen LogP contribution in [-0.4, -0.2) is 19.4 Å². The minimum Gasteiger partial charge on any atom is -0.455 e. The van der Waals surface area contributed by atoms with Crippen LogP contribution in [0.1, 0.15) is 0 Å². The highest BCUT2D eigenvalue weighted by molar-refractivity contribution is 8.33. The average Bonchev–Trinajstić information content (AvgIpc) is 3.63. The van der Waals surface area contributed by atoms with Crippen molar-refractivity contribution in [1.82, 2.24) is 0 Å². The molecule has 0 saturated carbocycles. The summed E-state index contributed by atoms with van der Waals surface area (Å²) in [5, 5.41) is 2.25. The highest BCUT2D eigenvalue weighted by Gasteiger charge is 2.50. The molecule has 13 rings (SSSR count). The third-order valence-corrected chi connectivity index (χ3v) is 16.3. The molecule has 0 saturated heterocycles.